The van der Waals surface area contributed by atoms with Crippen LogP contribution in [0, 0.1) is 0 Å². The Morgan fingerprint density at radius 2 is 2.39 bits per heavy atom. The zero-order valence-corrected chi connectivity index (χ0v) is 12.1. The monoisotopic (exact) mass is 267 g/mol. The molecule has 3 N–H and O–H groups in total. The predicted octanol–water partition coefficient (Wildman–Crippen LogP) is 1.86. The highest BCUT2D eigenvalue weighted by atomic mass is 32.1. The third kappa shape index (κ3) is 3.79. The van der Waals surface area contributed by atoms with Crippen LogP contribution in [0.5, 0.6) is 0 Å². The smallest absolute Gasteiger partial charge is 0.0201 e. The average molecular weight is 267 g/mol. The van der Waals surface area contributed by atoms with E-state index in [0.717, 1.165) is 26.2 Å². The van der Waals surface area contributed by atoms with Gasteiger partial charge in [0, 0.05) is 43.0 Å². The minimum absolute atomic E-state index is 0.623. The molecule has 0 aliphatic carbocycles. The summed E-state index contributed by atoms with van der Waals surface area (Å²) in [5.74, 6) is 0.680. The van der Waals surface area contributed by atoms with Crippen LogP contribution in [0.4, 0.5) is 0 Å². The van der Waals surface area contributed by atoms with Crippen LogP contribution in [-0.2, 0) is 0 Å². The van der Waals surface area contributed by atoms with Crippen LogP contribution < -0.4 is 11.1 Å². The molecule has 18 heavy (non-hydrogen) atoms. The van der Waals surface area contributed by atoms with Gasteiger partial charge in [-0.15, -0.1) is 11.3 Å². The van der Waals surface area contributed by atoms with Crippen LogP contribution in [0.3, 0.4) is 0 Å². The van der Waals surface area contributed by atoms with E-state index in [1.807, 2.05) is 11.3 Å². The first kappa shape index (κ1) is 14.0. The highest BCUT2D eigenvalue weighted by molar-refractivity contribution is 7.10. The Hall–Kier alpha value is -0.420. The lowest BCUT2D eigenvalue weighted by molar-refractivity contribution is 0.177. The predicted molar refractivity (Wildman–Crippen MR) is 79.3 cm³/mol. The van der Waals surface area contributed by atoms with Gasteiger partial charge in [0.15, 0.2) is 0 Å². The molecule has 102 valence electrons. The molecular formula is C14H25N3S. The summed E-state index contributed by atoms with van der Waals surface area (Å²) in [4.78, 5) is 4.04. The van der Waals surface area contributed by atoms with Gasteiger partial charge in [0.1, 0.15) is 0 Å². The average Bonchev–Trinajstić information content (AvgIpc) is 2.90. The lowest BCUT2D eigenvalue weighted by atomic mass is 9.92. The molecule has 1 saturated heterocycles. The van der Waals surface area contributed by atoms with E-state index in [4.69, 9.17) is 5.73 Å². The van der Waals surface area contributed by atoms with Gasteiger partial charge in [-0.3, -0.25) is 4.90 Å². The third-order valence-electron chi connectivity index (χ3n) is 3.60. The van der Waals surface area contributed by atoms with Gasteiger partial charge in [0.05, 0.1) is 0 Å². The zero-order valence-electron chi connectivity index (χ0n) is 11.3. The topological polar surface area (TPSA) is 41.3 Å². The number of hydrogen-bond acceptors (Lipinski definition) is 4. The summed E-state index contributed by atoms with van der Waals surface area (Å²) < 4.78 is 0. The second-order valence-corrected chi connectivity index (χ2v) is 6.13. The second kappa shape index (κ2) is 7.24. The molecule has 2 unspecified atom stereocenters. The minimum atomic E-state index is 0.623. The number of nitrogens with one attached hydrogen (secondary N) is 1. The molecule has 1 aromatic heterocycles. The van der Waals surface area contributed by atoms with Gasteiger partial charge in [-0.05, 0) is 30.8 Å². The fraction of sp³-hybridized carbons (Fsp3) is 0.714. The Kier molecular flexibility index (Phi) is 5.63. The molecule has 0 bridgehead atoms. The summed E-state index contributed by atoms with van der Waals surface area (Å²) in [7, 11) is 0. The van der Waals surface area contributed by atoms with Crippen molar-refractivity contribution in [1.82, 2.24) is 10.2 Å². The normalized spacial score (nSPS) is 25.4. The van der Waals surface area contributed by atoms with Crippen molar-refractivity contribution in [3.63, 3.8) is 0 Å². The van der Waals surface area contributed by atoms with E-state index in [0.29, 0.717) is 12.0 Å². The minimum Gasteiger partial charge on any atom is -0.329 e. The fourth-order valence-electron chi connectivity index (χ4n) is 2.78. The summed E-state index contributed by atoms with van der Waals surface area (Å²) in [5.41, 5.74) is 5.71. The molecule has 1 fully saturated rings. The second-order valence-electron chi connectivity index (χ2n) is 5.15. The van der Waals surface area contributed by atoms with Gasteiger partial charge in [-0.2, -0.15) is 0 Å². The van der Waals surface area contributed by atoms with Crippen LogP contribution >= 0.6 is 11.3 Å². The van der Waals surface area contributed by atoms with E-state index in [2.05, 4.69) is 34.7 Å². The van der Waals surface area contributed by atoms with E-state index in [-0.39, 0.29) is 0 Å². The zero-order chi connectivity index (χ0) is 12.8. The molecule has 2 rings (SSSR count). The molecule has 1 aliphatic rings. The number of piperidine rings is 1. The summed E-state index contributed by atoms with van der Waals surface area (Å²) in [6, 6.07) is 5.06. The first-order valence-corrected chi connectivity index (χ1v) is 7.90. The van der Waals surface area contributed by atoms with Gasteiger partial charge >= 0.3 is 0 Å². The maximum atomic E-state index is 5.71. The van der Waals surface area contributed by atoms with Gasteiger partial charge in [0.2, 0.25) is 0 Å². The number of hydrogen-bond donors (Lipinski definition) is 2. The Balaban J connectivity index is 1.97. The Morgan fingerprint density at radius 3 is 3.06 bits per heavy atom. The number of likely N-dealkylation sites (tertiary alicyclic amines) is 1. The van der Waals surface area contributed by atoms with Gasteiger partial charge in [-0.1, -0.05) is 13.0 Å². The maximum Gasteiger partial charge on any atom is 0.0201 e. The van der Waals surface area contributed by atoms with Crippen LogP contribution in [0.1, 0.15) is 30.6 Å². The molecule has 0 spiro atoms. The van der Waals surface area contributed by atoms with Crippen molar-refractivity contribution in [3.8, 4) is 0 Å². The molecule has 0 radical (unpaired) electrons. The summed E-state index contributed by atoms with van der Waals surface area (Å²) in [6.45, 7) is 7.45. The van der Waals surface area contributed by atoms with E-state index in [9.17, 15) is 0 Å². The molecular weight excluding hydrogens is 242 g/mol. The van der Waals surface area contributed by atoms with Crippen molar-refractivity contribution in [1.29, 1.82) is 0 Å². The van der Waals surface area contributed by atoms with Crippen LogP contribution in [0.2, 0.25) is 0 Å². The van der Waals surface area contributed by atoms with Crippen molar-refractivity contribution in [2.75, 3.05) is 32.7 Å². The standard InChI is InChI=1S/C14H25N3S/c1-2-6-16-13-9-12(14-4-3-8-18-14)10-17(11-13)7-5-15/h3-4,8,12-13,16H,2,5-7,9-11,15H2,1H3. The Morgan fingerprint density at radius 1 is 1.50 bits per heavy atom. The molecule has 0 saturated carbocycles. The first-order chi connectivity index (χ1) is 8.83. The third-order valence-corrected chi connectivity index (χ3v) is 4.63. The SMILES string of the molecule is CCCNC1CC(c2cccs2)CN(CCN)C1. The molecule has 2 atom stereocenters. The van der Waals surface area contributed by atoms with Crippen molar-refractivity contribution in [3.05, 3.63) is 22.4 Å². The highest BCUT2D eigenvalue weighted by Crippen LogP contribution is 2.30. The number of thiophene rings is 1. The molecule has 2 heterocycles. The van der Waals surface area contributed by atoms with Gasteiger partial charge in [0.25, 0.3) is 0 Å². The molecule has 4 heteroatoms. The van der Waals surface area contributed by atoms with Crippen molar-refractivity contribution < 1.29 is 0 Å². The molecule has 1 aromatic rings. The van der Waals surface area contributed by atoms with Crippen molar-refractivity contribution in [2.45, 2.75) is 31.7 Å². The van der Waals surface area contributed by atoms with Crippen molar-refractivity contribution >= 4 is 11.3 Å². The summed E-state index contributed by atoms with van der Waals surface area (Å²) in [5, 5.41) is 5.86. The molecule has 0 amide bonds. The molecule has 1 aliphatic heterocycles. The lowest BCUT2D eigenvalue weighted by Crippen LogP contribution is -2.49. The van der Waals surface area contributed by atoms with Crippen molar-refractivity contribution in [2.24, 2.45) is 5.73 Å². The first-order valence-electron chi connectivity index (χ1n) is 7.02. The Labute approximate surface area is 114 Å². The summed E-state index contributed by atoms with van der Waals surface area (Å²) >= 11 is 1.89. The van der Waals surface area contributed by atoms with E-state index >= 15 is 0 Å². The largest absolute Gasteiger partial charge is 0.329 e. The van der Waals surface area contributed by atoms with Crippen LogP contribution in [0.25, 0.3) is 0 Å². The Bertz CT molecular complexity index is 326. The number of rotatable bonds is 6. The lowest BCUT2D eigenvalue weighted by Gasteiger charge is -2.37. The highest BCUT2D eigenvalue weighted by Gasteiger charge is 2.27. The number of nitrogens with zero attached hydrogens (tertiary/aromatic N) is 1. The molecule has 3 nitrogen and oxygen atoms in total. The van der Waals surface area contributed by atoms with Crippen LogP contribution in [0.15, 0.2) is 17.5 Å². The van der Waals surface area contributed by atoms with E-state index in [1.165, 1.54) is 24.3 Å². The van der Waals surface area contributed by atoms with Gasteiger partial charge < -0.3 is 11.1 Å². The number of nitrogens with two attached hydrogens (primary N) is 1. The quantitative estimate of drug-likeness (QED) is 0.827. The summed E-state index contributed by atoms with van der Waals surface area (Å²) in [6.07, 6.45) is 2.47. The maximum absolute atomic E-state index is 5.71. The van der Waals surface area contributed by atoms with E-state index < -0.39 is 0 Å². The van der Waals surface area contributed by atoms with Crippen LogP contribution in [-0.4, -0.2) is 43.7 Å². The van der Waals surface area contributed by atoms with Gasteiger partial charge in [-0.25, -0.2) is 0 Å². The fourth-order valence-corrected chi connectivity index (χ4v) is 3.62. The molecule has 0 aromatic carbocycles. The van der Waals surface area contributed by atoms with E-state index in [1.54, 1.807) is 0 Å².